The van der Waals surface area contributed by atoms with Crippen LogP contribution in [0.15, 0.2) is 36.4 Å². The third kappa shape index (κ3) is 3.82. The van der Waals surface area contributed by atoms with E-state index in [9.17, 15) is 4.39 Å². The van der Waals surface area contributed by atoms with Gasteiger partial charge in [-0.15, -0.1) is 0 Å². The second kappa shape index (κ2) is 6.72. The first-order chi connectivity index (χ1) is 10.0. The standard InChI is InChI=1S/C18H22FNO/c1-12(2)20-11-15-9-14(6-8-18(15)21-4)17-10-16(19)7-5-13(17)3/h5-10,12,20H,11H2,1-4H3. The molecule has 21 heavy (non-hydrogen) atoms. The molecule has 2 rings (SSSR count). The minimum Gasteiger partial charge on any atom is -0.496 e. The number of rotatable bonds is 5. The van der Waals surface area contributed by atoms with Crippen molar-refractivity contribution in [3.8, 4) is 16.9 Å². The van der Waals surface area contributed by atoms with Gasteiger partial charge in [-0.1, -0.05) is 26.0 Å². The molecule has 0 aliphatic rings. The highest BCUT2D eigenvalue weighted by Crippen LogP contribution is 2.29. The normalized spacial score (nSPS) is 11.0. The Bertz CT molecular complexity index is 623. The summed E-state index contributed by atoms with van der Waals surface area (Å²) in [5, 5.41) is 3.39. The Morgan fingerprint density at radius 1 is 1.14 bits per heavy atom. The highest BCUT2D eigenvalue weighted by Gasteiger charge is 2.09. The van der Waals surface area contributed by atoms with Gasteiger partial charge in [0, 0.05) is 18.2 Å². The van der Waals surface area contributed by atoms with E-state index >= 15 is 0 Å². The average molecular weight is 287 g/mol. The third-order valence-electron chi connectivity index (χ3n) is 3.49. The molecule has 0 amide bonds. The van der Waals surface area contributed by atoms with Gasteiger partial charge in [0.25, 0.3) is 0 Å². The zero-order chi connectivity index (χ0) is 15.4. The Kier molecular flexibility index (Phi) is 4.97. The third-order valence-corrected chi connectivity index (χ3v) is 3.49. The van der Waals surface area contributed by atoms with E-state index in [4.69, 9.17) is 4.74 Å². The molecule has 0 atom stereocenters. The van der Waals surface area contributed by atoms with Gasteiger partial charge in [-0.25, -0.2) is 4.39 Å². The largest absolute Gasteiger partial charge is 0.496 e. The van der Waals surface area contributed by atoms with Crippen LogP contribution >= 0.6 is 0 Å². The molecule has 0 aromatic heterocycles. The van der Waals surface area contributed by atoms with Crippen molar-refractivity contribution in [2.75, 3.05) is 7.11 Å². The first-order valence-electron chi connectivity index (χ1n) is 7.18. The molecule has 0 bridgehead atoms. The van der Waals surface area contributed by atoms with Gasteiger partial charge < -0.3 is 10.1 Å². The lowest BCUT2D eigenvalue weighted by atomic mass is 9.98. The van der Waals surface area contributed by atoms with E-state index < -0.39 is 0 Å². The molecule has 3 heteroatoms. The van der Waals surface area contributed by atoms with Gasteiger partial charge in [-0.05, 0) is 47.9 Å². The second-order valence-corrected chi connectivity index (χ2v) is 5.52. The van der Waals surface area contributed by atoms with Crippen LogP contribution in [0, 0.1) is 12.7 Å². The summed E-state index contributed by atoms with van der Waals surface area (Å²) in [5.74, 6) is 0.634. The number of benzene rings is 2. The Morgan fingerprint density at radius 2 is 1.90 bits per heavy atom. The highest BCUT2D eigenvalue weighted by atomic mass is 19.1. The molecule has 2 aromatic rings. The predicted octanol–water partition coefficient (Wildman–Crippen LogP) is 4.31. The highest BCUT2D eigenvalue weighted by molar-refractivity contribution is 5.69. The maximum absolute atomic E-state index is 13.5. The molecule has 0 saturated heterocycles. The fourth-order valence-corrected chi connectivity index (χ4v) is 2.30. The van der Waals surface area contributed by atoms with Crippen molar-refractivity contribution in [1.29, 1.82) is 0 Å². The monoisotopic (exact) mass is 287 g/mol. The zero-order valence-corrected chi connectivity index (χ0v) is 13.0. The van der Waals surface area contributed by atoms with Gasteiger partial charge in [0.2, 0.25) is 0 Å². The number of hydrogen-bond donors (Lipinski definition) is 1. The number of ether oxygens (including phenoxy) is 1. The van der Waals surface area contributed by atoms with Crippen LogP contribution < -0.4 is 10.1 Å². The van der Waals surface area contributed by atoms with E-state index in [2.05, 4.69) is 25.2 Å². The molecule has 0 fully saturated rings. The molecule has 112 valence electrons. The number of hydrogen-bond acceptors (Lipinski definition) is 2. The van der Waals surface area contributed by atoms with Gasteiger partial charge in [-0.2, -0.15) is 0 Å². The van der Waals surface area contributed by atoms with Crippen molar-refractivity contribution in [3.05, 3.63) is 53.3 Å². The molecule has 0 unspecified atom stereocenters. The van der Waals surface area contributed by atoms with Crippen molar-refractivity contribution >= 4 is 0 Å². The van der Waals surface area contributed by atoms with Crippen LogP contribution in [-0.4, -0.2) is 13.2 Å². The SMILES string of the molecule is COc1ccc(-c2cc(F)ccc2C)cc1CNC(C)C. The lowest BCUT2D eigenvalue weighted by Gasteiger charge is -2.14. The summed E-state index contributed by atoms with van der Waals surface area (Å²) >= 11 is 0. The molecule has 0 saturated carbocycles. The molecule has 0 radical (unpaired) electrons. The number of aryl methyl sites for hydroxylation is 1. The predicted molar refractivity (Wildman–Crippen MR) is 85.1 cm³/mol. The Balaban J connectivity index is 2.41. The van der Waals surface area contributed by atoms with Gasteiger partial charge in [0.1, 0.15) is 11.6 Å². The Labute approximate surface area is 126 Å². The molecule has 2 aromatic carbocycles. The van der Waals surface area contributed by atoms with Crippen molar-refractivity contribution in [2.45, 2.75) is 33.4 Å². The summed E-state index contributed by atoms with van der Waals surface area (Å²) in [5.41, 5.74) is 4.06. The van der Waals surface area contributed by atoms with Crippen molar-refractivity contribution in [3.63, 3.8) is 0 Å². The van der Waals surface area contributed by atoms with E-state index in [1.165, 1.54) is 6.07 Å². The minimum atomic E-state index is -0.215. The van der Waals surface area contributed by atoms with Crippen molar-refractivity contribution in [1.82, 2.24) is 5.32 Å². The van der Waals surface area contributed by atoms with E-state index in [-0.39, 0.29) is 5.82 Å². The summed E-state index contributed by atoms with van der Waals surface area (Å²) in [6, 6.07) is 11.3. The maximum atomic E-state index is 13.5. The molecule has 0 aliphatic carbocycles. The molecule has 1 N–H and O–H groups in total. The van der Waals surface area contributed by atoms with Crippen molar-refractivity contribution < 1.29 is 9.13 Å². The minimum absolute atomic E-state index is 0.215. The first-order valence-corrected chi connectivity index (χ1v) is 7.18. The summed E-state index contributed by atoms with van der Waals surface area (Å²) in [6.07, 6.45) is 0. The van der Waals surface area contributed by atoms with Gasteiger partial charge in [-0.3, -0.25) is 0 Å². The quantitative estimate of drug-likeness (QED) is 0.885. The van der Waals surface area contributed by atoms with Crippen LogP contribution in [0.5, 0.6) is 5.75 Å². The lowest BCUT2D eigenvalue weighted by molar-refractivity contribution is 0.406. The molecular formula is C18H22FNO. The summed E-state index contributed by atoms with van der Waals surface area (Å²) in [7, 11) is 1.67. The summed E-state index contributed by atoms with van der Waals surface area (Å²) < 4.78 is 18.9. The number of halogens is 1. The number of methoxy groups -OCH3 is 1. The van der Waals surface area contributed by atoms with Crippen LogP contribution in [0.4, 0.5) is 4.39 Å². The molecule has 0 aliphatic heterocycles. The maximum Gasteiger partial charge on any atom is 0.123 e. The zero-order valence-electron chi connectivity index (χ0n) is 13.0. The van der Waals surface area contributed by atoms with E-state index in [1.54, 1.807) is 19.2 Å². The van der Waals surface area contributed by atoms with Crippen LogP contribution in [0.25, 0.3) is 11.1 Å². The topological polar surface area (TPSA) is 21.3 Å². The van der Waals surface area contributed by atoms with Gasteiger partial charge in [0.05, 0.1) is 7.11 Å². The smallest absolute Gasteiger partial charge is 0.123 e. The summed E-state index contributed by atoms with van der Waals surface area (Å²) in [6.45, 7) is 6.92. The van der Waals surface area contributed by atoms with Crippen LogP contribution in [0.2, 0.25) is 0 Å². The van der Waals surface area contributed by atoms with Gasteiger partial charge >= 0.3 is 0 Å². The number of nitrogens with one attached hydrogen (secondary N) is 1. The van der Waals surface area contributed by atoms with E-state index in [1.807, 2.05) is 19.1 Å². The van der Waals surface area contributed by atoms with Crippen LogP contribution in [0.3, 0.4) is 0 Å². The van der Waals surface area contributed by atoms with E-state index in [0.29, 0.717) is 6.04 Å². The Hall–Kier alpha value is -1.87. The van der Waals surface area contributed by atoms with Gasteiger partial charge in [0.15, 0.2) is 0 Å². The van der Waals surface area contributed by atoms with E-state index in [0.717, 1.165) is 34.5 Å². The molecule has 0 spiro atoms. The fourth-order valence-electron chi connectivity index (χ4n) is 2.30. The lowest BCUT2D eigenvalue weighted by Crippen LogP contribution is -2.22. The molecule has 2 nitrogen and oxygen atoms in total. The summed E-state index contributed by atoms with van der Waals surface area (Å²) in [4.78, 5) is 0. The van der Waals surface area contributed by atoms with Crippen LogP contribution in [-0.2, 0) is 6.54 Å². The second-order valence-electron chi connectivity index (χ2n) is 5.52. The average Bonchev–Trinajstić information content (AvgIpc) is 2.47. The fraction of sp³-hybridized carbons (Fsp3) is 0.333. The first kappa shape index (κ1) is 15.5. The van der Waals surface area contributed by atoms with Crippen molar-refractivity contribution in [2.24, 2.45) is 0 Å². The molecule has 0 heterocycles. The van der Waals surface area contributed by atoms with Crippen LogP contribution in [0.1, 0.15) is 25.0 Å². The Morgan fingerprint density at radius 3 is 2.57 bits per heavy atom. The molecular weight excluding hydrogens is 265 g/mol.